The monoisotopic (exact) mass is 427 g/mol. The van der Waals surface area contributed by atoms with Crippen LogP contribution in [0.3, 0.4) is 0 Å². The highest BCUT2D eigenvalue weighted by molar-refractivity contribution is 8.00. The first-order valence-corrected chi connectivity index (χ1v) is 10.8. The van der Waals surface area contributed by atoms with E-state index in [0.29, 0.717) is 28.6 Å². The summed E-state index contributed by atoms with van der Waals surface area (Å²) in [6.07, 6.45) is 5.25. The molecule has 0 radical (unpaired) electrons. The largest absolute Gasteiger partial charge is 0.467 e. The lowest BCUT2D eigenvalue weighted by Crippen LogP contribution is -2.30. The molecule has 0 bridgehead atoms. The number of hydrogen-bond donors (Lipinski definition) is 1. The molecule has 3 aromatic rings. The number of carbonyl (C=O) groups is 1. The van der Waals surface area contributed by atoms with Crippen molar-refractivity contribution in [1.82, 2.24) is 9.55 Å². The summed E-state index contributed by atoms with van der Waals surface area (Å²) in [6, 6.07) is 8.21. The Hall–Kier alpha value is -2.87. The normalized spacial score (nSPS) is 13.1. The van der Waals surface area contributed by atoms with Gasteiger partial charge in [-0.1, -0.05) is 17.8 Å². The number of aryl methyl sites for hydroxylation is 1. The number of thioether (sulfide) groups is 1. The zero-order chi connectivity index (χ0) is 21.1. The summed E-state index contributed by atoms with van der Waals surface area (Å²) in [7, 11) is 0. The fourth-order valence-corrected chi connectivity index (χ4v) is 4.47. The van der Waals surface area contributed by atoms with E-state index in [4.69, 9.17) is 4.42 Å². The molecule has 8 heteroatoms. The topological polar surface area (TPSA) is 77.1 Å². The van der Waals surface area contributed by atoms with Crippen LogP contribution in [0, 0.1) is 12.7 Å². The molecule has 4 rings (SSSR count). The summed E-state index contributed by atoms with van der Waals surface area (Å²) in [5, 5.41) is 3.30. The summed E-state index contributed by atoms with van der Waals surface area (Å²) in [5.41, 5.74) is 2.60. The van der Waals surface area contributed by atoms with E-state index in [-0.39, 0.29) is 23.2 Å². The van der Waals surface area contributed by atoms with Gasteiger partial charge in [0, 0.05) is 16.9 Å². The predicted molar refractivity (Wildman–Crippen MR) is 113 cm³/mol. The van der Waals surface area contributed by atoms with Crippen molar-refractivity contribution < 1.29 is 13.6 Å². The number of amides is 1. The van der Waals surface area contributed by atoms with Crippen molar-refractivity contribution in [3.8, 4) is 0 Å². The van der Waals surface area contributed by atoms with Crippen LogP contribution in [-0.4, -0.2) is 21.2 Å². The number of nitrogens with zero attached hydrogens (tertiary/aromatic N) is 2. The molecule has 1 N–H and O–H groups in total. The van der Waals surface area contributed by atoms with Crippen LogP contribution in [0.2, 0.25) is 0 Å². The zero-order valence-electron chi connectivity index (χ0n) is 16.6. The Bertz CT molecular complexity index is 1130. The fourth-order valence-electron chi connectivity index (χ4n) is 3.59. The molecule has 0 aliphatic heterocycles. The van der Waals surface area contributed by atoms with Gasteiger partial charge in [-0.05, 0) is 62.4 Å². The molecule has 1 aromatic carbocycles. The van der Waals surface area contributed by atoms with Crippen LogP contribution in [0.1, 0.15) is 35.4 Å². The predicted octanol–water partition coefficient (Wildman–Crippen LogP) is 3.94. The van der Waals surface area contributed by atoms with E-state index < -0.39 is 0 Å². The molecule has 0 spiro atoms. The third-order valence-electron chi connectivity index (χ3n) is 5.14. The smallest absolute Gasteiger partial charge is 0.349 e. The molecule has 0 fully saturated rings. The van der Waals surface area contributed by atoms with Crippen molar-refractivity contribution in [1.29, 1.82) is 0 Å². The number of hydrogen-bond acceptors (Lipinski definition) is 5. The van der Waals surface area contributed by atoms with Crippen LogP contribution in [0.4, 0.5) is 10.1 Å². The van der Waals surface area contributed by atoms with Crippen molar-refractivity contribution >= 4 is 23.4 Å². The van der Waals surface area contributed by atoms with E-state index in [2.05, 4.69) is 10.3 Å². The van der Waals surface area contributed by atoms with Gasteiger partial charge in [-0.25, -0.2) is 9.18 Å². The SMILES string of the molecule is Cc1ccc(NC(=O)CSc2nc(=O)n(Cc3ccco3)c3c2CCCC3)cc1F. The second-order valence-corrected chi connectivity index (χ2v) is 8.26. The molecule has 0 saturated heterocycles. The van der Waals surface area contributed by atoms with Gasteiger partial charge in [0.1, 0.15) is 16.6 Å². The number of halogens is 1. The second-order valence-electron chi connectivity index (χ2n) is 7.30. The number of rotatable bonds is 6. The second kappa shape index (κ2) is 8.87. The average molecular weight is 428 g/mol. The molecule has 0 atom stereocenters. The molecule has 2 heterocycles. The molecule has 1 aliphatic rings. The lowest BCUT2D eigenvalue weighted by molar-refractivity contribution is -0.113. The van der Waals surface area contributed by atoms with Gasteiger partial charge in [0.25, 0.3) is 0 Å². The van der Waals surface area contributed by atoms with Gasteiger partial charge in [0.05, 0.1) is 18.6 Å². The van der Waals surface area contributed by atoms with Crippen molar-refractivity contribution in [3.63, 3.8) is 0 Å². The van der Waals surface area contributed by atoms with Gasteiger partial charge in [0.2, 0.25) is 5.91 Å². The van der Waals surface area contributed by atoms with Crippen LogP contribution < -0.4 is 11.0 Å². The van der Waals surface area contributed by atoms with E-state index in [1.54, 1.807) is 36.0 Å². The number of nitrogens with one attached hydrogen (secondary N) is 1. The highest BCUT2D eigenvalue weighted by Gasteiger charge is 2.21. The Morgan fingerprint density at radius 3 is 2.90 bits per heavy atom. The van der Waals surface area contributed by atoms with Crippen LogP contribution in [-0.2, 0) is 24.2 Å². The van der Waals surface area contributed by atoms with Crippen LogP contribution in [0.5, 0.6) is 0 Å². The average Bonchev–Trinajstić information content (AvgIpc) is 3.25. The summed E-state index contributed by atoms with van der Waals surface area (Å²) < 4.78 is 20.7. The third kappa shape index (κ3) is 4.48. The van der Waals surface area contributed by atoms with E-state index in [1.165, 1.54) is 17.8 Å². The molecule has 0 saturated carbocycles. The highest BCUT2D eigenvalue weighted by atomic mass is 32.2. The summed E-state index contributed by atoms with van der Waals surface area (Å²) >= 11 is 1.25. The Labute approximate surface area is 177 Å². The number of carbonyl (C=O) groups excluding carboxylic acids is 1. The first-order chi connectivity index (χ1) is 14.5. The van der Waals surface area contributed by atoms with E-state index in [1.807, 2.05) is 6.07 Å². The minimum atomic E-state index is -0.364. The minimum absolute atomic E-state index is 0.0938. The maximum Gasteiger partial charge on any atom is 0.349 e. The first-order valence-electron chi connectivity index (χ1n) is 9.85. The molecule has 6 nitrogen and oxygen atoms in total. The quantitative estimate of drug-likeness (QED) is 0.476. The molecule has 30 heavy (non-hydrogen) atoms. The van der Waals surface area contributed by atoms with Crippen molar-refractivity contribution in [2.24, 2.45) is 0 Å². The molecule has 1 amide bonds. The summed E-state index contributed by atoms with van der Waals surface area (Å²) in [5.74, 6) is 0.166. The number of anilines is 1. The lowest BCUT2D eigenvalue weighted by atomic mass is 9.97. The standard InChI is InChI=1S/C22H22FN3O3S/c1-14-8-9-15(11-18(14)23)24-20(27)13-30-21-17-6-2-3-7-19(17)26(22(28)25-21)12-16-5-4-10-29-16/h4-5,8-11H,2-3,6-7,12-13H2,1H3,(H,24,27). The zero-order valence-corrected chi connectivity index (χ0v) is 17.4. The van der Waals surface area contributed by atoms with Crippen molar-refractivity contribution in [3.05, 3.63) is 75.5 Å². The number of benzene rings is 1. The van der Waals surface area contributed by atoms with Crippen LogP contribution in [0.25, 0.3) is 0 Å². The maximum atomic E-state index is 13.7. The third-order valence-corrected chi connectivity index (χ3v) is 6.16. The molecule has 1 aliphatic carbocycles. The fraction of sp³-hybridized carbons (Fsp3) is 0.318. The van der Waals surface area contributed by atoms with Crippen LogP contribution >= 0.6 is 11.8 Å². The maximum absolute atomic E-state index is 13.7. The minimum Gasteiger partial charge on any atom is -0.467 e. The Morgan fingerprint density at radius 2 is 2.13 bits per heavy atom. The van der Waals surface area contributed by atoms with Crippen LogP contribution in [0.15, 0.2) is 50.8 Å². The molecule has 2 aromatic heterocycles. The van der Waals surface area contributed by atoms with E-state index >= 15 is 0 Å². The Balaban J connectivity index is 1.51. The van der Waals surface area contributed by atoms with Gasteiger partial charge in [-0.3, -0.25) is 9.36 Å². The van der Waals surface area contributed by atoms with Gasteiger partial charge < -0.3 is 9.73 Å². The van der Waals surface area contributed by atoms with Gasteiger partial charge in [-0.2, -0.15) is 4.98 Å². The number of furan rings is 1. The van der Waals surface area contributed by atoms with Crippen molar-refractivity contribution in [2.45, 2.75) is 44.2 Å². The highest BCUT2D eigenvalue weighted by Crippen LogP contribution is 2.29. The van der Waals surface area contributed by atoms with Gasteiger partial charge in [-0.15, -0.1) is 0 Å². The van der Waals surface area contributed by atoms with Gasteiger partial charge >= 0.3 is 5.69 Å². The summed E-state index contributed by atoms with van der Waals surface area (Å²) in [4.78, 5) is 29.3. The molecule has 156 valence electrons. The van der Waals surface area contributed by atoms with E-state index in [9.17, 15) is 14.0 Å². The molecule has 0 unspecified atom stereocenters. The Kier molecular flexibility index (Phi) is 6.03. The first kappa shape index (κ1) is 20.4. The molecular formula is C22H22FN3O3S. The number of fused-ring (bicyclic) bond motifs is 1. The van der Waals surface area contributed by atoms with Gasteiger partial charge in [0.15, 0.2) is 0 Å². The lowest BCUT2D eigenvalue weighted by Gasteiger charge is -2.22. The number of aromatic nitrogens is 2. The van der Waals surface area contributed by atoms with Crippen molar-refractivity contribution in [2.75, 3.05) is 11.1 Å². The van der Waals surface area contributed by atoms with E-state index in [0.717, 1.165) is 36.9 Å². The summed E-state index contributed by atoms with van der Waals surface area (Å²) in [6.45, 7) is 2.02. The molecular weight excluding hydrogens is 405 g/mol. The Morgan fingerprint density at radius 1 is 1.30 bits per heavy atom.